The van der Waals surface area contributed by atoms with Crippen LogP contribution in [0.5, 0.6) is 5.75 Å². The second-order valence-corrected chi connectivity index (χ2v) is 7.03. The maximum absolute atomic E-state index is 11.2. The average molecular weight is 279 g/mol. The highest BCUT2D eigenvalue weighted by atomic mass is 32.2. The highest BCUT2D eigenvalue weighted by Gasteiger charge is 2.51. The van der Waals surface area contributed by atoms with E-state index in [1.54, 1.807) is 11.8 Å². The van der Waals surface area contributed by atoms with Gasteiger partial charge in [0.1, 0.15) is 17.4 Å². The summed E-state index contributed by atoms with van der Waals surface area (Å²) in [6.45, 7) is 4.09. The van der Waals surface area contributed by atoms with Gasteiger partial charge in [-0.3, -0.25) is 10.1 Å². The summed E-state index contributed by atoms with van der Waals surface area (Å²) in [5, 5.41) is 12.5. The number of carboxylic acid groups (broad SMARTS) is 1. The second kappa shape index (κ2) is 4.15. The monoisotopic (exact) mass is 279 g/mol. The third-order valence-corrected chi connectivity index (χ3v) is 5.06. The number of carbonyl (C=O) groups is 1. The fourth-order valence-electron chi connectivity index (χ4n) is 2.90. The van der Waals surface area contributed by atoms with Crippen molar-refractivity contribution in [2.45, 2.75) is 36.8 Å². The third kappa shape index (κ3) is 2.11. The van der Waals surface area contributed by atoms with Crippen LogP contribution in [0.2, 0.25) is 0 Å². The molecule has 2 heterocycles. The zero-order valence-electron chi connectivity index (χ0n) is 11.0. The number of nitrogens with one attached hydrogen (secondary N) is 1. The summed E-state index contributed by atoms with van der Waals surface area (Å²) in [6.07, 6.45) is 0.755. The van der Waals surface area contributed by atoms with Crippen LogP contribution in [0.4, 0.5) is 0 Å². The molecule has 4 nitrogen and oxygen atoms in total. The van der Waals surface area contributed by atoms with E-state index >= 15 is 0 Å². The number of carboxylic acids is 1. The minimum atomic E-state index is -0.786. The van der Waals surface area contributed by atoms with Gasteiger partial charge in [-0.25, -0.2) is 0 Å². The topological polar surface area (TPSA) is 58.6 Å². The van der Waals surface area contributed by atoms with Crippen molar-refractivity contribution in [2.24, 2.45) is 0 Å². The lowest BCUT2D eigenvalue weighted by Crippen LogP contribution is -2.51. The Bertz CT molecular complexity index is 531. The molecule has 1 fully saturated rings. The summed E-state index contributed by atoms with van der Waals surface area (Å²) in [7, 11) is 0. The van der Waals surface area contributed by atoms with E-state index in [1.165, 1.54) is 0 Å². The van der Waals surface area contributed by atoms with Crippen molar-refractivity contribution in [3.05, 3.63) is 29.8 Å². The van der Waals surface area contributed by atoms with E-state index in [9.17, 15) is 9.90 Å². The number of aliphatic carboxylic acids is 1. The van der Waals surface area contributed by atoms with Gasteiger partial charge in [-0.15, -0.1) is 11.8 Å². The van der Waals surface area contributed by atoms with Gasteiger partial charge < -0.3 is 9.84 Å². The number of thioether (sulfide) groups is 1. The van der Waals surface area contributed by atoms with E-state index in [2.05, 4.69) is 5.32 Å². The van der Waals surface area contributed by atoms with Crippen LogP contribution in [-0.4, -0.2) is 28.5 Å². The average Bonchev–Trinajstić information content (AvgIpc) is 2.72. The summed E-state index contributed by atoms with van der Waals surface area (Å²) < 4.78 is 6.00. The van der Waals surface area contributed by atoms with E-state index in [-0.39, 0.29) is 10.5 Å². The lowest BCUT2D eigenvalue weighted by Gasteiger charge is -2.43. The first-order valence-electron chi connectivity index (χ1n) is 6.35. The van der Waals surface area contributed by atoms with Crippen molar-refractivity contribution in [2.75, 3.05) is 5.75 Å². The lowest BCUT2D eigenvalue weighted by molar-refractivity contribution is -0.139. The van der Waals surface area contributed by atoms with Gasteiger partial charge in [-0.2, -0.15) is 0 Å². The molecule has 0 saturated carbocycles. The number of ether oxygens (including phenoxy) is 1. The maximum atomic E-state index is 11.2. The molecule has 5 heteroatoms. The number of benzene rings is 1. The fraction of sp³-hybridized carbons (Fsp3) is 0.500. The summed E-state index contributed by atoms with van der Waals surface area (Å²) in [5.41, 5.74) is 0.755. The van der Waals surface area contributed by atoms with Gasteiger partial charge in [0, 0.05) is 17.7 Å². The Morgan fingerprint density at radius 1 is 1.47 bits per heavy atom. The zero-order chi connectivity index (χ0) is 13.7. The normalized spacial score (nSPS) is 31.8. The smallest absolute Gasteiger partial charge is 0.321 e. The Balaban J connectivity index is 2.04. The first-order chi connectivity index (χ1) is 8.92. The molecular weight excluding hydrogens is 262 g/mol. The molecule has 3 rings (SSSR count). The Morgan fingerprint density at radius 2 is 2.21 bits per heavy atom. The van der Waals surface area contributed by atoms with Crippen LogP contribution in [0, 0.1) is 0 Å². The number of fused-ring (bicyclic) bond motifs is 2. The standard InChI is InChI=1S/C14H17NO3S/c1-13(2)8-14(15-10(7-19-14)12(16)17)9-5-3-4-6-11(9)18-13/h3-6,10,15H,7-8H2,1-2H3,(H,16,17)/t10-,14?/m0/s1. The molecule has 1 saturated heterocycles. The predicted molar refractivity (Wildman–Crippen MR) is 74.5 cm³/mol. The Morgan fingerprint density at radius 3 is 2.89 bits per heavy atom. The summed E-state index contributed by atoms with van der Waals surface area (Å²) in [6, 6.07) is 7.40. The Hall–Kier alpha value is -1.20. The van der Waals surface area contributed by atoms with E-state index in [0.717, 1.165) is 17.7 Å². The predicted octanol–water partition coefficient (Wildman–Crippen LogP) is 2.19. The molecule has 1 spiro atoms. The maximum Gasteiger partial charge on any atom is 0.321 e. The van der Waals surface area contributed by atoms with Crippen LogP contribution >= 0.6 is 11.8 Å². The van der Waals surface area contributed by atoms with Crippen molar-refractivity contribution in [1.29, 1.82) is 0 Å². The molecule has 19 heavy (non-hydrogen) atoms. The molecule has 2 N–H and O–H groups in total. The van der Waals surface area contributed by atoms with Gasteiger partial charge in [-0.1, -0.05) is 18.2 Å². The quantitative estimate of drug-likeness (QED) is 0.825. The van der Waals surface area contributed by atoms with Gasteiger partial charge in [0.25, 0.3) is 0 Å². The zero-order valence-corrected chi connectivity index (χ0v) is 11.8. The van der Waals surface area contributed by atoms with Gasteiger partial charge in [0.2, 0.25) is 0 Å². The van der Waals surface area contributed by atoms with Crippen molar-refractivity contribution in [3.63, 3.8) is 0 Å². The number of hydrogen-bond acceptors (Lipinski definition) is 4. The molecule has 1 aromatic rings. The van der Waals surface area contributed by atoms with Gasteiger partial charge >= 0.3 is 5.97 Å². The first kappa shape index (κ1) is 12.8. The molecular formula is C14H17NO3S. The van der Waals surface area contributed by atoms with E-state index in [4.69, 9.17) is 4.74 Å². The van der Waals surface area contributed by atoms with Crippen molar-refractivity contribution in [1.82, 2.24) is 5.32 Å². The number of para-hydroxylation sites is 1. The van der Waals surface area contributed by atoms with Crippen molar-refractivity contribution in [3.8, 4) is 5.75 Å². The molecule has 0 aromatic heterocycles. The van der Waals surface area contributed by atoms with E-state index < -0.39 is 12.0 Å². The molecule has 0 bridgehead atoms. The lowest BCUT2D eigenvalue weighted by atomic mass is 9.88. The van der Waals surface area contributed by atoms with Crippen LogP contribution in [-0.2, 0) is 9.67 Å². The third-order valence-electron chi connectivity index (χ3n) is 3.58. The van der Waals surface area contributed by atoms with Crippen LogP contribution in [0.25, 0.3) is 0 Å². The summed E-state index contributed by atoms with van der Waals surface area (Å²) in [5.74, 6) is 0.649. The molecule has 2 aliphatic heterocycles. The molecule has 0 amide bonds. The fourth-order valence-corrected chi connectivity index (χ4v) is 4.58. The number of hydrogen-bond donors (Lipinski definition) is 2. The first-order valence-corrected chi connectivity index (χ1v) is 7.33. The van der Waals surface area contributed by atoms with Gasteiger partial charge in [-0.05, 0) is 19.9 Å². The SMILES string of the molecule is CC1(C)CC2(N[C@H](C(=O)O)CS2)c2ccccc2O1. The van der Waals surface area contributed by atoms with Crippen molar-refractivity contribution >= 4 is 17.7 Å². The van der Waals surface area contributed by atoms with Crippen LogP contribution in [0.1, 0.15) is 25.8 Å². The molecule has 2 atom stereocenters. The molecule has 2 aliphatic rings. The van der Waals surface area contributed by atoms with E-state index in [0.29, 0.717) is 5.75 Å². The molecule has 102 valence electrons. The van der Waals surface area contributed by atoms with Gasteiger partial charge in [0.05, 0.1) is 4.87 Å². The van der Waals surface area contributed by atoms with Crippen molar-refractivity contribution < 1.29 is 14.6 Å². The largest absolute Gasteiger partial charge is 0.487 e. The van der Waals surface area contributed by atoms with Crippen LogP contribution < -0.4 is 10.1 Å². The molecule has 0 radical (unpaired) electrons. The summed E-state index contributed by atoms with van der Waals surface area (Å²) >= 11 is 1.68. The van der Waals surface area contributed by atoms with Crippen LogP contribution in [0.3, 0.4) is 0 Å². The molecule has 1 aromatic carbocycles. The summed E-state index contributed by atoms with van der Waals surface area (Å²) in [4.78, 5) is 10.8. The highest BCUT2D eigenvalue weighted by molar-refractivity contribution is 8.00. The van der Waals surface area contributed by atoms with Crippen LogP contribution in [0.15, 0.2) is 24.3 Å². The second-order valence-electron chi connectivity index (χ2n) is 5.71. The minimum absolute atomic E-state index is 0.304. The molecule has 1 unspecified atom stereocenters. The Labute approximate surface area is 116 Å². The molecule has 0 aliphatic carbocycles. The Kier molecular flexibility index (Phi) is 2.80. The van der Waals surface area contributed by atoms with E-state index in [1.807, 2.05) is 38.1 Å². The minimum Gasteiger partial charge on any atom is -0.487 e. The highest BCUT2D eigenvalue weighted by Crippen LogP contribution is 2.52. The number of rotatable bonds is 1. The van der Waals surface area contributed by atoms with Gasteiger partial charge in [0.15, 0.2) is 0 Å².